The molecule has 0 aliphatic heterocycles. The van der Waals surface area contributed by atoms with E-state index in [1.807, 2.05) is 12.1 Å². The van der Waals surface area contributed by atoms with Crippen molar-refractivity contribution >= 4 is 0 Å². The van der Waals surface area contributed by atoms with Gasteiger partial charge in [0.25, 0.3) is 0 Å². The minimum atomic E-state index is -0.810. The van der Waals surface area contributed by atoms with Crippen LogP contribution < -0.4 is 4.74 Å². The van der Waals surface area contributed by atoms with Gasteiger partial charge >= 0.3 is 0 Å². The molecule has 0 bridgehead atoms. The minimum Gasteiger partial charge on any atom is -0.491 e. The standard InChI is InChI=1S/C27H48O3/c1-2-3-4-5-6-7-8-9-10-11-12-13-14-15-16-17-18-25-19-21-27(22-20-25)30-24-26(29)23-28/h19-22,26,28-29H,2-18,23-24H2,1H3. The molecule has 3 heteroatoms. The molecule has 30 heavy (non-hydrogen) atoms. The van der Waals surface area contributed by atoms with Gasteiger partial charge in [-0.25, -0.2) is 0 Å². The van der Waals surface area contributed by atoms with Crippen LogP contribution in [0, 0.1) is 0 Å². The summed E-state index contributed by atoms with van der Waals surface area (Å²) in [4.78, 5) is 0. The molecule has 0 aromatic heterocycles. The van der Waals surface area contributed by atoms with Crippen LogP contribution in [0.1, 0.15) is 115 Å². The largest absolute Gasteiger partial charge is 0.491 e. The lowest BCUT2D eigenvalue weighted by Crippen LogP contribution is -2.21. The number of aliphatic hydroxyl groups is 2. The fraction of sp³-hybridized carbons (Fsp3) is 0.778. The Kier molecular flexibility index (Phi) is 17.9. The molecule has 0 saturated carbocycles. The highest BCUT2D eigenvalue weighted by atomic mass is 16.5. The van der Waals surface area contributed by atoms with Gasteiger partial charge in [0, 0.05) is 0 Å². The normalized spacial score (nSPS) is 12.2. The molecule has 0 fully saturated rings. The van der Waals surface area contributed by atoms with Crippen molar-refractivity contribution in [3.05, 3.63) is 29.8 Å². The van der Waals surface area contributed by atoms with E-state index in [1.54, 1.807) is 0 Å². The zero-order valence-corrected chi connectivity index (χ0v) is 19.6. The Bertz CT molecular complexity index is 472. The van der Waals surface area contributed by atoms with Gasteiger partial charge in [-0.1, -0.05) is 115 Å². The molecule has 1 aromatic rings. The van der Waals surface area contributed by atoms with E-state index in [1.165, 1.54) is 108 Å². The number of aryl methyl sites for hydroxylation is 1. The van der Waals surface area contributed by atoms with Gasteiger partial charge in [-0.15, -0.1) is 0 Å². The third kappa shape index (κ3) is 15.7. The molecule has 0 heterocycles. The lowest BCUT2D eigenvalue weighted by atomic mass is 10.0. The van der Waals surface area contributed by atoms with Crippen LogP contribution in [0.5, 0.6) is 5.75 Å². The Balaban J connectivity index is 1.85. The summed E-state index contributed by atoms with van der Waals surface area (Å²) >= 11 is 0. The molecular weight excluding hydrogens is 372 g/mol. The van der Waals surface area contributed by atoms with Crippen LogP contribution >= 0.6 is 0 Å². The SMILES string of the molecule is CCCCCCCCCCCCCCCCCCc1ccc(OCC(O)CO)cc1. The van der Waals surface area contributed by atoms with Crippen molar-refractivity contribution in [3.8, 4) is 5.75 Å². The lowest BCUT2D eigenvalue weighted by Gasteiger charge is -2.10. The summed E-state index contributed by atoms with van der Waals surface area (Å²) < 4.78 is 5.44. The van der Waals surface area contributed by atoms with E-state index in [9.17, 15) is 5.11 Å². The molecule has 0 aliphatic carbocycles. The Morgan fingerprint density at radius 2 is 1.10 bits per heavy atom. The van der Waals surface area contributed by atoms with Crippen LogP contribution in [-0.4, -0.2) is 29.5 Å². The van der Waals surface area contributed by atoms with Crippen molar-refractivity contribution in [1.82, 2.24) is 0 Å². The molecule has 3 nitrogen and oxygen atoms in total. The van der Waals surface area contributed by atoms with E-state index in [0.717, 1.165) is 12.2 Å². The molecule has 1 unspecified atom stereocenters. The maximum atomic E-state index is 9.31. The maximum Gasteiger partial charge on any atom is 0.119 e. The van der Waals surface area contributed by atoms with Crippen molar-refractivity contribution < 1.29 is 14.9 Å². The summed E-state index contributed by atoms with van der Waals surface area (Å²) in [7, 11) is 0. The number of hydrogen-bond donors (Lipinski definition) is 2. The number of hydrogen-bond acceptors (Lipinski definition) is 3. The highest BCUT2D eigenvalue weighted by molar-refractivity contribution is 5.27. The predicted octanol–water partition coefficient (Wildman–Crippen LogP) is 7.22. The third-order valence-corrected chi connectivity index (χ3v) is 5.90. The van der Waals surface area contributed by atoms with Crippen LogP contribution in [0.2, 0.25) is 0 Å². The van der Waals surface area contributed by atoms with Crippen LogP contribution in [-0.2, 0) is 6.42 Å². The van der Waals surface area contributed by atoms with Crippen molar-refractivity contribution in [2.45, 2.75) is 122 Å². The van der Waals surface area contributed by atoms with E-state index in [-0.39, 0.29) is 13.2 Å². The van der Waals surface area contributed by atoms with Crippen LogP contribution in [0.4, 0.5) is 0 Å². The summed E-state index contributed by atoms with van der Waals surface area (Å²) in [6, 6.07) is 8.11. The summed E-state index contributed by atoms with van der Waals surface area (Å²) in [5, 5.41) is 18.1. The zero-order valence-electron chi connectivity index (χ0n) is 19.6. The van der Waals surface area contributed by atoms with Crippen LogP contribution in [0.3, 0.4) is 0 Å². The number of rotatable bonds is 21. The number of aliphatic hydroxyl groups excluding tert-OH is 2. The second-order valence-corrected chi connectivity index (χ2v) is 8.84. The summed E-state index contributed by atoms with van der Waals surface area (Å²) in [5.74, 6) is 0.748. The van der Waals surface area contributed by atoms with E-state index < -0.39 is 6.10 Å². The molecular formula is C27H48O3. The molecule has 1 aromatic carbocycles. The molecule has 0 saturated heterocycles. The first-order chi connectivity index (χ1) is 14.8. The molecule has 1 atom stereocenters. The minimum absolute atomic E-state index is 0.134. The molecule has 0 aliphatic rings. The van der Waals surface area contributed by atoms with Gasteiger partial charge < -0.3 is 14.9 Å². The first-order valence-corrected chi connectivity index (χ1v) is 12.8. The fourth-order valence-electron chi connectivity index (χ4n) is 3.87. The average molecular weight is 421 g/mol. The summed E-state index contributed by atoms with van der Waals surface area (Å²) in [6.07, 6.45) is 22.8. The summed E-state index contributed by atoms with van der Waals surface area (Å²) in [5.41, 5.74) is 1.34. The van der Waals surface area contributed by atoms with Gasteiger partial charge in [-0.05, 0) is 30.5 Å². The van der Waals surface area contributed by atoms with Crippen molar-refractivity contribution in [2.24, 2.45) is 0 Å². The number of benzene rings is 1. The Hall–Kier alpha value is -1.06. The van der Waals surface area contributed by atoms with E-state index in [0.29, 0.717) is 0 Å². The fourth-order valence-corrected chi connectivity index (χ4v) is 3.87. The second kappa shape index (κ2) is 19.9. The van der Waals surface area contributed by atoms with Crippen molar-refractivity contribution in [1.29, 1.82) is 0 Å². The smallest absolute Gasteiger partial charge is 0.119 e. The molecule has 174 valence electrons. The van der Waals surface area contributed by atoms with E-state index in [4.69, 9.17) is 9.84 Å². The first kappa shape index (κ1) is 27.0. The Morgan fingerprint density at radius 1 is 0.667 bits per heavy atom. The second-order valence-electron chi connectivity index (χ2n) is 8.84. The third-order valence-electron chi connectivity index (χ3n) is 5.90. The van der Waals surface area contributed by atoms with Gasteiger partial charge in [-0.3, -0.25) is 0 Å². The molecule has 0 radical (unpaired) electrons. The highest BCUT2D eigenvalue weighted by Gasteiger charge is 2.03. The summed E-state index contributed by atoms with van der Waals surface area (Å²) in [6.45, 7) is 2.15. The van der Waals surface area contributed by atoms with E-state index >= 15 is 0 Å². The molecule has 1 rings (SSSR count). The maximum absolute atomic E-state index is 9.31. The van der Waals surface area contributed by atoms with Gasteiger partial charge in [0.05, 0.1) is 6.61 Å². The van der Waals surface area contributed by atoms with Gasteiger partial charge in [0.1, 0.15) is 18.5 Å². The average Bonchev–Trinajstić information content (AvgIpc) is 2.78. The monoisotopic (exact) mass is 420 g/mol. The molecule has 0 amide bonds. The number of ether oxygens (including phenoxy) is 1. The molecule has 2 N–H and O–H groups in total. The van der Waals surface area contributed by atoms with Gasteiger partial charge in [0.2, 0.25) is 0 Å². The van der Waals surface area contributed by atoms with Crippen molar-refractivity contribution in [2.75, 3.05) is 13.2 Å². The highest BCUT2D eigenvalue weighted by Crippen LogP contribution is 2.16. The quantitative estimate of drug-likeness (QED) is 0.206. The topological polar surface area (TPSA) is 49.7 Å². The molecule has 0 spiro atoms. The zero-order chi connectivity index (χ0) is 21.7. The van der Waals surface area contributed by atoms with Gasteiger partial charge in [0.15, 0.2) is 0 Å². The number of unbranched alkanes of at least 4 members (excludes halogenated alkanes) is 15. The predicted molar refractivity (Wildman–Crippen MR) is 128 cm³/mol. The van der Waals surface area contributed by atoms with E-state index in [2.05, 4.69) is 19.1 Å². The van der Waals surface area contributed by atoms with Crippen LogP contribution in [0.15, 0.2) is 24.3 Å². The first-order valence-electron chi connectivity index (χ1n) is 12.8. The van der Waals surface area contributed by atoms with Crippen LogP contribution in [0.25, 0.3) is 0 Å². The Morgan fingerprint density at radius 3 is 1.53 bits per heavy atom. The lowest BCUT2D eigenvalue weighted by molar-refractivity contribution is 0.0536. The van der Waals surface area contributed by atoms with Gasteiger partial charge in [-0.2, -0.15) is 0 Å². The Labute approximate surface area is 186 Å². The van der Waals surface area contributed by atoms with Crippen molar-refractivity contribution in [3.63, 3.8) is 0 Å².